The SMILES string of the molecule is COc1ccc(CNC(=O)c2nn(-c3ccccn3)cc2NC(N)=O)cc1. The Morgan fingerprint density at radius 1 is 1.19 bits per heavy atom. The summed E-state index contributed by atoms with van der Waals surface area (Å²) in [6.45, 7) is 0.287. The minimum atomic E-state index is -0.792. The number of pyridine rings is 1. The number of amides is 3. The van der Waals surface area contributed by atoms with E-state index < -0.39 is 11.9 Å². The first-order valence-corrected chi connectivity index (χ1v) is 8.05. The molecule has 3 amide bonds. The number of rotatable bonds is 6. The van der Waals surface area contributed by atoms with Crippen molar-refractivity contribution < 1.29 is 14.3 Å². The zero-order chi connectivity index (χ0) is 19.2. The lowest BCUT2D eigenvalue weighted by atomic mass is 10.2. The molecule has 0 bridgehead atoms. The van der Waals surface area contributed by atoms with Crippen LogP contribution in [-0.2, 0) is 6.54 Å². The molecule has 2 aromatic heterocycles. The van der Waals surface area contributed by atoms with Gasteiger partial charge in [0.1, 0.15) is 5.75 Å². The Morgan fingerprint density at radius 2 is 1.96 bits per heavy atom. The summed E-state index contributed by atoms with van der Waals surface area (Å²) < 4.78 is 6.50. The van der Waals surface area contributed by atoms with Crippen LogP contribution in [0.4, 0.5) is 10.5 Å². The van der Waals surface area contributed by atoms with E-state index in [1.807, 2.05) is 12.1 Å². The average Bonchev–Trinajstić information content (AvgIpc) is 3.10. The molecule has 2 heterocycles. The van der Waals surface area contributed by atoms with Gasteiger partial charge in [0.15, 0.2) is 11.5 Å². The van der Waals surface area contributed by atoms with Crippen LogP contribution in [0.2, 0.25) is 0 Å². The number of carbonyl (C=O) groups excluding carboxylic acids is 2. The van der Waals surface area contributed by atoms with E-state index in [0.717, 1.165) is 11.3 Å². The van der Waals surface area contributed by atoms with Gasteiger partial charge in [-0.25, -0.2) is 14.5 Å². The lowest BCUT2D eigenvalue weighted by Crippen LogP contribution is -2.26. The number of anilines is 1. The highest BCUT2D eigenvalue weighted by Crippen LogP contribution is 2.17. The van der Waals surface area contributed by atoms with E-state index in [9.17, 15) is 9.59 Å². The third-order valence-electron chi connectivity index (χ3n) is 3.68. The molecule has 4 N–H and O–H groups in total. The van der Waals surface area contributed by atoms with E-state index in [2.05, 4.69) is 20.7 Å². The molecule has 3 aromatic rings. The highest BCUT2D eigenvalue weighted by molar-refractivity contribution is 6.01. The largest absolute Gasteiger partial charge is 0.497 e. The van der Waals surface area contributed by atoms with Crippen molar-refractivity contribution in [2.24, 2.45) is 5.73 Å². The molecule has 1 aromatic carbocycles. The number of nitrogens with one attached hydrogen (secondary N) is 2. The molecule has 0 saturated heterocycles. The number of benzene rings is 1. The van der Waals surface area contributed by atoms with Crippen LogP contribution in [-0.4, -0.2) is 33.8 Å². The second-order valence-corrected chi connectivity index (χ2v) is 5.54. The predicted octanol–water partition coefficient (Wildman–Crippen LogP) is 1.70. The van der Waals surface area contributed by atoms with E-state index in [-0.39, 0.29) is 17.9 Å². The van der Waals surface area contributed by atoms with Crippen molar-refractivity contribution in [3.05, 3.63) is 66.1 Å². The van der Waals surface area contributed by atoms with Gasteiger partial charge in [0.05, 0.1) is 19.0 Å². The van der Waals surface area contributed by atoms with Gasteiger partial charge in [0.2, 0.25) is 0 Å². The molecular weight excluding hydrogens is 348 g/mol. The lowest BCUT2D eigenvalue weighted by Gasteiger charge is -2.06. The minimum Gasteiger partial charge on any atom is -0.497 e. The second kappa shape index (κ2) is 8.00. The van der Waals surface area contributed by atoms with Crippen LogP contribution in [0, 0.1) is 0 Å². The van der Waals surface area contributed by atoms with Crippen molar-refractivity contribution in [3.63, 3.8) is 0 Å². The predicted molar refractivity (Wildman–Crippen MR) is 98.7 cm³/mol. The summed E-state index contributed by atoms with van der Waals surface area (Å²) in [6, 6.07) is 11.8. The molecule has 9 nitrogen and oxygen atoms in total. The molecule has 0 fully saturated rings. The molecule has 0 aliphatic rings. The number of hydrogen-bond acceptors (Lipinski definition) is 5. The van der Waals surface area contributed by atoms with Crippen LogP contribution in [0.1, 0.15) is 16.1 Å². The van der Waals surface area contributed by atoms with Gasteiger partial charge in [0, 0.05) is 12.7 Å². The molecule has 9 heteroatoms. The normalized spacial score (nSPS) is 10.3. The van der Waals surface area contributed by atoms with E-state index in [1.165, 1.54) is 10.9 Å². The van der Waals surface area contributed by atoms with Gasteiger partial charge in [0.25, 0.3) is 5.91 Å². The molecule has 27 heavy (non-hydrogen) atoms. The van der Waals surface area contributed by atoms with Gasteiger partial charge in [-0.1, -0.05) is 18.2 Å². The smallest absolute Gasteiger partial charge is 0.316 e. The highest BCUT2D eigenvalue weighted by Gasteiger charge is 2.19. The third-order valence-corrected chi connectivity index (χ3v) is 3.68. The van der Waals surface area contributed by atoms with E-state index >= 15 is 0 Å². The van der Waals surface area contributed by atoms with Crippen molar-refractivity contribution in [3.8, 4) is 11.6 Å². The van der Waals surface area contributed by atoms with Crippen LogP contribution in [0.25, 0.3) is 5.82 Å². The summed E-state index contributed by atoms with van der Waals surface area (Å²) in [6.07, 6.45) is 3.08. The number of carbonyl (C=O) groups is 2. The summed E-state index contributed by atoms with van der Waals surface area (Å²) >= 11 is 0. The maximum atomic E-state index is 12.6. The Kier molecular flexibility index (Phi) is 5.31. The minimum absolute atomic E-state index is 0.0352. The van der Waals surface area contributed by atoms with Crippen molar-refractivity contribution in [1.82, 2.24) is 20.1 Å². The zero-order valence-electron chi connectivity index (χ0n) is 14.5. The quantitative estimate of drug-likeness (QED) is 0.612. The lowest BCUT2D eigenvalue weighted by molar-refractivity contribution is 0.0946. The molecule has 0 spiro atoms. The fourth-order valence-electron chi connectivity index (χ4n) is 2.38. The van der Waals surface area contributed by atoms with Crippen LogP contribution in [0.3, 0.4) is 0 Å². The number of primary amides is 1. The van der Waals surface area contributed by atoms with E-state index in [4.69, 9.17) is 10.5 Å². The van der Waals surface area contributed by atoms with Crippen LogP contribution >= 0.6 is 0 Å². The Morgan fingerprint density at radius 3 is 2.59 bits per heavy atom. The first-order valence-electron chi connectivity index (χ1n) is 8.05. The Labute approximate surface area is 155 Å². The maximum Gasteiger partial charge on any atom is 0.316 e. The fraction of sp³-hybridized carbons (Fsp3) is 0.111. The monoisotopic (exact) mass is 366 g/mol. The topological polar surface area (TPSA) is 124 Å². The van der Waals surface area contributed by atoms with Gasteiger partial charge in [-0.3, -0.25) is 4.79 Å². The van der Waals surface area contributed by atoms with Crippen molar-refractivity contribution in [1.29, 1.82) is 0 Å². The first kappa shape index (κ1) is 17.9. The molecule has 0 atom stereocenters. The number of hydrogen-bond donors (Lipinski definition) is 3. The van der Waals surface area contributed by atoms with E-state index in [0.29, 0.717) is 5.82 Å². The molecular formula is C18H18N6O3. The molecule has 0 aliphatic carbocycles. The standard InChI is InChI=1S/C18H18N6O3/c1-27-13-7-5-12(6-8-13)10-21-17(25)16-14(22-18(19)26)11-24(23-16)15-4-2-3-9-20-15/h2-9,11H,10H2,1H3,(H,21,25)(H3,19,22,26). The highest BCUT2D eigenvalue weighted by atomic mass is 16.5. The second-order valence-electron chi connectivity index (χ2n) is 5.54. The van der Waals surface area contributed by atoms with Crippen LogP contribution in [0.15, 0.2) is 54.9 Å². The van der Waals surface area contributed by atoms with Gasteiger partial charge in [-0.05, 0) is 29.8 Å². The third kappa shape index (κ3) is 4.40. The van der Waals surface area contributed by atoms with Crippen molar-refractivity contribution in [2.45, 2.75) is 6.54 Å². The number of urea groups is 1. The summed E-state index contributed by atoms with van der Waals surface area (Å²) in [4.78, 5) is 28.0. The average molecular weight is 366 g/mol. The number of aromatic nitrogens is 3. The fourth-order valence-corrected chi connectivity index (χ4v) is 2.38. The molecule has 0 radical (unpaired) electrons. The van der Waals surface area contributed by atoms with Gasteiger partial charge in [-0.2, -0.15) is 5.10 Å². The Hall–Kier alpha value is -3.88. The first-order chi connectivity index (χ1) is 13.1. The number of nitrogens with two attached hydrogens (primary N) is 1. The number of nitrogens with zero attached hydrogens (tertiary/aromatic N) is 3. The van der Waals surface area contributed by atoms with Gasteiger partial charge in [-0.15, -0.1) is 0 Å². The zero-order valence-corrected chi connectivity index (χ0v) is 14.5. The summed E-state index contributed by atoms with van der Waals surface area (Å²) in [5, 5.41) is 9.40. The molecule has 0 aliphatic heterocycles. The van der Waals surface area contributed by atoms with Gasteiger partial charge >= 0.3 is 6.03 Å². The Bertz CT molecular complexity index is 937. The van der Waals surface area contributed by atoms with E-state index in [1.54, 1.807) is 43.6 Å². The number of ether oxygens (including phenoxy) is 1. The molecule has 138 valence electrons. The van der Waals surface area contributed by atoms with Crippen molar-refractivity contribution >= 4 is 17.6 Å². The van der Waals surface area contributed by atoms with Crippen LogP contribution in [0.5, 0.6) is 5.75 Å². The molecule has 3 rings (SSSR count). The van der Waals surface area contributed by atoms with Gasteiger partial charge < -0.3 is 21.1 Å². The Balaban J connectivity index is 1.79. The number of methoxy groups -OCH3 is 1. The van der Waals surface area contributed by atoms with Crippen LogP contribution < -0.4 is 21.1 Å². The summed E-state index contributed by atoms with van der Waals surface area (Å²) in [5.41, 5.74) is 6.30. The summed E-state index contributed by atoms with van der Waals surface area (Å²) in [7, 11) is 1.59. The summed E-state index contributed by atoms with van der Waals surface area (Å²) in [5.74, 6) is 0.774. The molecule has 0 saturated carbocycles. The van der Waals surface area contributed by atoms with Crippen molar-refractivity contribution in [2.75, 3.05) is 12.4 Å². The maximum absolute atomic E-state index is 12.6. The molecule has 0 unspecified atom stereocenters.